The SMILES string of the molecule is O=C1c2cc([N+](=O)[O-])ccc2-c2c(N=P(C3CCCCC3)(C3CCCCC3)C3CCCCC3)c(=O)c3ccccc3n21. The molecule has 1 aliphatic heterocycles. The summed E-state index contributed by atoms with van der Waals surface area (Å²) >= 11 is 0. The Bertz CT molecular complexity index is 1620. The normalized spacial score (nSPS) is 20.4. The molecule has 0 atom stereocenters. The van der Waals surface area contributed by atoms with Crippen LogP contribution in [0.4, 0.5) is 11.4 Å². The van der Waals surface area contributed by atoms with Gasteiger partial charge in [0, 0.05) is 23.1 Å². The van der Waals surface area contributed by atoms with Crippen LogP contribution in [0.25, 0.3) is 22.2 Å². The fraction of sp³-hybridized carbons (Fsp3) is 0.529. The zero-order chi connectivity index (χ0) is 28.8. The number of pyridine rings is 1. The smallest absolute Gasteiger partial charge is 0.270 e. The molecule has 7 nitrogen and oxygen atoms in total. The minimum absolute atomic E-state index is 0.0948. The number of para-hydroxylation sites is 1. The standard InChI is InChI=1S/C34H40N3O4P/c38-33-28-18-10-11-19-30(28)36-32(27-21-20-23(37(40)41)22-29(27)34(36)39)31(33)35-42(24-12-4-1-5-13-24,25-14-6-2-7-15-25)26-16-8-3-9-17-26/h10-11,18-22,24-26H,1-9,12-17H2. The number of hydrogen-bond acceptors (Lipinski definition) is 5. The van der Waals surface area contributed by atoms with Crippen molar-refractivity contribution in [3.05, 3.63) is 68.4 Å². The second-order valence-corrected chi connectivity index (χ2v) is 16.9. The number of benzene rings is 2. The summed E-state index contributed by atoms with van der Waals surface area (Å²) in [5, 5.41) is 12.2. The van der Waals surface area contributed by atoms with Gasteiger partial charge in [0.05, 0.1) is 21.7 Å². The maximum atomic E-state index is 14.6. The first-order valence-electron chi connectivity index (χ1n) is 16.1. The van der Waals surface area contributed by atoms with E-state index in [1.165, 1.54) is 108 Å². The van der Waals surface area contributed by atoms with Gasteiger partial charge < -0.3 is 0 Å². The maximum Gasteiger partial charge on any atom is 0.270 e. The number of carbonyl (C=O) groups excluding carboxylic acids is 1. The molecule has 0 radical (unpaired) electrons. The van der Waals surface area contributed by atoms with E-state index >= 15 is 0 Å². The molecule has 0 unspecified atom stereocenters. The number of rotatable bonds is 5. The Hall–Kier alpha value is -3.05. The van der Waals surface area contributed by atoms with Gasteiger partial charge in [0.2, 0.25) is 5.43 Å². The van der Waals surface area contributed by atoms with Crippen LogP contribution in [-0.2, 0) is 0 Å². The Labute approximate surface area is 246 Å². The quantitative estimate of drug-likeness (QED) is 0.132. The molecule has 0 saturated heterocycles. The molecule has 42 heavy (non-hydrogen) atoms. The topological polar surface area (TPSA) is 94.6 Å². The van der Waals surface area contributed by atoms with Crippen LogP contribution < -0.4 is 5.43 Å². The van der Waals surface area contributed by atoms with Crippen LogP contribution in [0.1, 0.15) is 107 Å². The van der Waals surface area contributed by atoms with E-state index in [4.69, 9.17) is 4.74 Å². The van der Waals surface area contributed by atoms with Crippen molar-refractivity contribution in [2.45, 2.75) is 113 Å². The number of nitrogens with zero attached hydrogens (tertiary/aromatic N) is 3. The summed E-state index contributed by atoms with van der Waals surface area (Å²) < 4.78 is 7.61. The van der Waals surface area contributed by atoms with Gasteiger partial charge in [-0.2, -0.15) is 0 Å². The lowest BCUT2D eigenvalue weighted by molar-refractivity contribution is -0.384. The van der Waals surface area contributed by atoms with E-state index in [0.717, 1.165) is 0 Å². The van der Waals surface area contributed by atoms with Crippen molar-refractivity contribution in [3.63, 3.8) is 0 Å². The number of fused-ring (bicyclic) bond motifs is 5. The minimum Gasteiger partial charge on any atom is -0.287 e. The predicted octanol–water partition coefficient (Wildman–Crippen LogP) is 9.41. The molecule has 0 spiro atoms. The summed E-state index contributed by atoms with van der Waals surface area (Å²) in [6.45, 7) is 0. The zero-order valence-electron chi connectivity index (χ0n) is 24.3. The first-order chi connectivity index (χ1) is 20.5. The van der Waals surface area contributed by atoms with Crippen LogP contribution in [0.3, 0.4) is 0 Å². The predicted molar refractivity (Wildman–Crippen MR) is 170 cm³/mol. The number of nitro benzene ring substituents is 1. The molecule has 8 heteroatoms. The molecule has 3 aliphatic carbocycles. The van der Waals surface area contributed by atoms with Crippen LogP contribution in [-0.4, -0.2) is 32.4 Å². The second kappa shape index (κ2) is 11.2. The highest BCUT2D eigenvalue weighted by Gasteiger charge is 2.45. The average Bonchev–Trinajstić information content (AvgIpc) is 3.34. The molecule has 1 aromatic heterocycles. The number of nitro groups is 1. The van der Waals surface area contributed by atoms with E-state index in [0.29, 0.717) is 44.8 Å². The lowest BCUT2D eigenvalue weighted by Crippen LogP contribution is -2.31. The summed E-state index contributed by atoms with van der Waals surface area (Å²) in [5.41, 5.74) is 3.85. The third-order valence-electron chi connectivity index (χ3n) is 10.7. The van der Waals surface area contributed by atoms with Gasteiger partial charge in [-0.15, -0.1) is 0 Å². The van der Waals surface area contributed by atoms with Crippen molar-refractivity contribution < 1.29 is 9.72 Å². The number of aromatic nitrogens is 1. The molecule has 2 heterocycles. The molecule has 2 aromatic carbocycles. The molecule has 0 bridgehead atoms. The van der Waals surface area contributed by atoms with Crippen molar-refractivity contribution >= 4 is 35.2 Å². The zero-order valence-corrected chi connectivity index (χ0v) is 25.2. The molecule has 4 aliphatic rings. The van der Waals surface area contributed by atoms with Crippen LogP contribution in [0.15, 0.2) is 52.0 Å². The molecule has 220 valence electrons. The van der Waals surface area contributed by atoms with Crippen molar-refractivity contribution in [1.29, 1.82) is 0 Å². The van der Waals surface area contributed by atoms with E-state index in [2.05, 4.69) is 0 Å². The van der Waals surface area contributed by atoms with E-state index in [9.17, 15) is 19.7 Å². The van der Waals surface area contributed by atoms with Crippen molar-refractivity contribution in [2.75, 3.05) is 0 Å². The van der Waals surface area contributed by atoms with Gasteiger partial charge in [0.25, 0.3) is 11.6 Å². The highest BCUT2D eigenvalue weighted by molar-refractivity contribution is 7.68. The number of non-ortho nitro benzene ring substituents is 1. The molecule has 3 aromatic rings. The third-order valence-corrected chi connectivity index (χ3v) is 16.3. The highest BCUT2D eigenvalue weighted by Crippen LogP contribution is 2.72. The van der Waals surface area contributed by atoms with Gasteiger partial charge >= 0.3 is 0 Å². The van der Waals surface area contributed by atoms with Crippen molar-refractivity contribution in [1.82, 2.24) is 4.57 Å². The fourth-order valence-electron chi connectivity index (χ4n) is 8.82. The second-order valence-electron chi connectivity index (χ2n) is 12.9. The lowest BCUT2D eigenvalue weighted by atomic mass is 9.99. The highest BCUT2D eigenvalue weighted by atomic mass is 31.2. The van der Waals surface area contributed by atoms with Gasteiger partial charge in [-0.05, 0) is 80.8 Å². The van der Waals surface area contributed by atoms with E-state index in [-0.39, 0.29) is 22.6 Å². The molecule has 3 fully saturated rings. The average molecular weight is 586 g/mol. The van der Waals surface area contributed by atoms with Crippen LogP contribution in [0.2, 0.25) is 0 Å². The summed E-state index contributed by atoms with van der Waals surface area (Å²) in [7, 11) is -2.05. The Morgan fingerprint density at radius 3 is 1.83 bits per heavy atom. The van der Waals surface area contributed by atoms with Gasteiger partial charge in [-0.1, -0.05) is 69.9 Å². The van der Waals surface area contributed by atoms with Crippen molar-refractivity contribution in [3.8, 4) is 11.3 Å². The van der Waals surface area contributed by atoms with Crippen LogP contribution in [0.5, 0.6) is 0 Å². The number of hydrogen-bond donors (Lipinski definition) is 0. The first-order valence-corrected chi connectivity index (χ1v) is 18.1. The Morgan fingerprint density at radius 2 is 1.29 bits per heavy atom. The fourth-order valence-corrected chi connectivity index (χ4v) is 15.2. The molecular weight excluding hydrogens is 545 g/mol. The maximum absolute atomic E-state index is 14.6. The summed E-state index contributed by atoms with van der Waals surface area (Å²) in [6.07, 6.45) is 18.4. The van der Waals surface area contributed by atoms with Gasteiger partial charge in [0.1, 0.15) is 5.69 Å². The van der Waals surface area contributed by atoms with Crippen LogP contribution >= 0.6 is 7.05 Å². The Balaban J connectivity index is 1.58. The molecule has 0 amide bonds. The minimum atomic E-state index is -2.05. The van der Waals surface area contributed by atoms with Crippen LogP contribution in [0, 0.1) is 10.1 Å². The summed E-state index contributed by atoms with van der Waals surface area (Å²) in [4.78, 5) is 39.8. The Kier molecular flexibility index (Phi) is 7.42. The third kappa shape index (κ3) is 4.42. The Morgan fingerprint density at radius 1 is 0.738 bits per heavy atom. The van der Waals surface area contributed by atoms with E-state index in [1.807, 2.05) is 24.3 Å². The molecule has 7 rings (SSSR count). The summed E-state index contributed by atoms with van der Waals surface area (Å²) in [5.74, 6) is -0.312. The molecule has 0 N–H and O–H groups in total. The van der Waals surface area contributed by atoms with Gasteiger partial charge in [0.15, 0.2) is 0 Å². The molecule has 3 saturated carbocycles. The monoisotopic (exact) mass is 585 g/mol. The first kappa shape index (κ1) is 27.8. The van der Waals surface area contributed by atoms with Gasteiger partial charge in [-0.3, -0.25) is 29.0 Å². The van der Waals surface area contributed by atoms with Crippen molar-refractivity contribution in [2.24, 2.45) is 4.74 Å². The van der Waals surface area contributed by atoms with E-state index in [1.54, 1.807) is 10.6 Å². The lowest BCUT2D eigenvalue weighted by Gasteiger charge is -2.48. The molecular formula is C34H40N3O4P. The summed E-state index contributed by atoms with van der Waals surface area (Å²) in [6, 6.07) is 11.8. The largest absolute Gasteiger partial charge is 0.287 e. The number of carbonyl (C=O) groups is 1. The van der Waals surface area contributed by atoms with E-state index < -0.39 is 12.0 Å². The van der Waals surface area contributed by atoms with Gasteiger partial charge in [-0.25, -0.2) is 0 Å².